The van der Waals surface area contributed by atoms with Crippen LogP contribution in [0.15, 0.2) is 36.4 Å². The molecular weight excluding hydrogens is 427 g/mol. The lowest BCUT2D eigenvalue weighted by Crippen LogP contribution is -2.19. The fourth-order valence-electron chi connectivity index (χ4n) is 2.82. The van der Waals surface area contributed by atoms with Crippen LogP contribution in [0.2, 0.25) is 10.0 Å². The average molecular weight is 458 g/mol. The lowest BCUT2D eigenvalue weighted by molar-refractivity contribution is 0.256. The molecule has 2 aromatic carbocycles. The number of benzene rings is 2. The Bertz CT molecular complexity index is 764. The fourth-order valence-corrected chi connectivity index (χ4v) is 3.50. The Kier molecular flexibility index (Phi) is 9.00. The topological polar surface area (TPSA) is 18.5 Å². The third-order valence-electron chi connectivity index (χ3n) is 5.30. The molecule has 0 heterocycles. The van der Waals surface area contributed by atoms with E-state index in [0.29, 0.717) is 34.2 Å². The van der Waals surface area contributed by atoms with Crippen molar-refractivity contribution < 1.29 is 9.47 Å². The predicted octanol–water partition coefficient (Wildman–Crippen LogP) is 8.00. The van der Waals surface area contributed by atoms with Crippen LogP contribution in [0.1, 0.15) is 52.2 Å². The van der Waals surface area contributed by atoms with Crippen molar-refractivity contribution in [2.24, 2.45) is 11.8 Å². The summed E-state index contributed by atoms with van der Waals surface area (Å²) in [5.41, 5.74) is 1.91. The largest absolute Gasteiger partial charge is 0.493 e. The van der Waals surface area contributed by atoms with Crippen molar-refractivity contribution in [2.45, 2.75) is 46.5 Å². The minimum Gasteiger partial charge on any atom is -0.493 e. The van der Waals surface area contributed by atoms with E-state index >= 15 is 0 Å². The van der Waals surface area contributed by atoms with E-state index in [4.69, 9.17) is 44.3 Å². The number of rotatable bonds is 10. The Hall–Kier alpha value is -1.09. The molecule has 0 aliphatic heterocycles. The van der Waals surface area contributed by atoms with Crippen LogP contribution in [-0.4, -0.2) is 19.1 Å². The highest BCUT2D eigenvalue weighted by atomic mass is 35.5. The lowest BCUT2D eigenvalue weighted by Gasteiger charge is -2.27. The van der Waals surface area contributed by atoms with Gasteiger partial charge in [0.25, 0.3) is 0 Å². The van der Waals surface area contributed by atoms with E-state index in [0.717, 1.165) is 29.9 Å². The van der Waals surface area contributed by atoms with Crippen LogP contribution in [0.5, 0.6) is 11.5 Å². The van der Waals surface area contributed by atoms with Gasteiger partial charge in [-0.05, 0) is 41.3 Å². The van der Waals surface area contributed by atoms with Gasteiger partial charge in [-0.15, -0.1) is 11.6 Å². The molecule has 2 nitrogen and oxygen atoms in total. The van der Waals surface area contributed by atoms with Gasteiger partial charge in [-0.25, -0.2) is 0 Å². The van der Waals surface area contributed by atoms with E-state index in [-0.39, 0.29) is 11.3 Å². The standard InChI is InChI=1S/C24H31Cl3O2/c1-6-16(2)14-28-20-9-7-18(8-10-20)24(4,5)19-11-21(26)23(22(27)12-19)29-15-17(3)13-25/h7-12,16-17H,6,13-15H2,1-5H3. The molecule has 0 aromatic heterocycles. The molecule has 29 heavy (non-hydrogen) atoms. The van der Waals surface area contributed by atoms with Gasteiger partial charge in [-0.1, -0.05) is 76.4 Å². The molecule has 2 aromatic rings. The van der Waals surface area contributed by atoms with Gasteiger partial charge in [0.1, 0.15) is 5.75 Å². The maximum Gasteiger partial charge on any atom is 0.156 e. The van der Waals surface area contributed by atoms with E-state index < -0.39 is 0 Å². The number of alkyl halides is 1. The first-order valence-corrected chi connectivity index (χ1v) is 11.4. The highest BCUT2D eigenvalue weighted by molar-refractivity contribution is 6.37. The van der Waals surface area contributed by atoms with Crippen LogP contribution in [0.4, 0.5) is 0 Å². The SMILES string of the molecule is CCC(C)COc1ccc(C(C)(C)c2cc(Cl)c(OCC(C)CCl)c(Cl)c2)cc1. The summed E-state index contributed by atoms with van der Waals surface area (Å²) >= 11 is 18.9. The van der Waals surface area contributed by atoms with E-state index in [9.17, 15) is 0 Å². The van der Waals surface area contributed by atoms with Crippen molar-refractivity contribution in [3.05, 3.63) is 57.6 Å². The summed E-state index contributed by atoms with van der Waals surface area (Å²) in [6, 6.07) is 12.1. The third kappa shape index (κ3) is 6.44. The zero-order valence-electron chi connectivity index (χ0n) is 17.9. The molecule has 0 N–H and O–H groups in total. The minimum absolute atomic E-state index is 0.223. The van der Waals surface area contributed by atoms with Gasteiger partial charge in [0.2, 0.25) is 0 Å². The van der Waals surface area contributed by atoms with Crippen molar-refractivity contribution in [1.29, 1.82) is 0 Å². The van der Waals surface area contributed by atoms with Crippen LogP contribution in [0.25, 0.3) is 0 Å². The molecule has 0 saturated heterocycles. The molecular formula is C24H31Cl3O2. The molecule has 0 amide bonds. The second-order valence-electron chi connectivity index (χ2n) is 8.31. The molecule has 0 fully saturated rings. The Morgan fingerprint density at radius 1 is 0.862 bits per heavy atom. The van der Waals surface area contributed by atoms with Crippen LogP contribution in [0, 0.1) is 11.8 Å². The smallest absolute Gasteiger partial charge is 0.156 e. The van der Waals surface area contributed by atoms with E-state index in [2.05, 4.69) is 39.8 Å². The molecule has 160 valence electrons. The first-order chi connectivity index (χ1) is 13.7. The predicted molar refractivity (Wildman–Crippen MR) is 125 cm³/mol. The zero-order valence-corrected chi connectivity index (χ0v) is 20.2. The van der Waals surface area contributed by atoms with Gasteiger partial charge in [-0.2, -0.15) is 0 Å². The molecule has 2 atom stereocenters. The van der Waals surface area contributed by atoms with Gasteiger partial charge in [0.15, 0.2) is 5.75 Å². The fraction of sp³-hybridized carbons (Fsp3) is 0.500. The summed E-state index contributed by atoms with van der Waals surface area (Å²) in [6.45, 7) is 11.9. The summed E-state index contributed by atoms with van der Waals surface area (Å²) in [7, 11) is 0. The van der Waals surface area contributed by atoms with Gasteiger partial charge in [-0.3, -0.25) is 0 Å². The van der Waals surface area contributed by atoms with Gasteiger partial charge < -0.3 is 9.47 Å². The van der Waals surface area contributed by atoms with E-state index in [1.54, 1.807) is 0 Å². The molecule has 0 saturated carbocycles. The van der Waals surface area contributed by atoms with Gasteiger partial charge >= 0.3 is 0 Å². The second-order valence-corrected chi connectivity index (χ2v) is 9.44. The lowest BCUT2D eigenvalue weighted by atomic mass is 9.78. The van der Waals surface area contributed by atoms with E-state index in [1.807, 2.05) is 31.2 Å². The van der Waals surface area contributed by atoms with Crippen LogP contribution in [-0.2, 0) is 5.41 Å². The summed E-state index contributed by atoms with van der Waals surface area (Å²) in [6.07, 6.45) is 1.11. The average Bonchev–Trinajstić information content (AvgIpc) is 2.71. The van der Waals surface area contributed by atoms with Crippen LogP contribution in [0.3, 0.4) is 0 Å². The van der Waals surface area contributed by atoms with E-state index in [1.165, 1.54) is 0 Å². The molecule has 0 aliphatic rings. The molecule has 0 bridgehead atoms. The molecule has 0 aliphatic carbocycles. The first-order valence-electron chi connectivity index (χ1n) is 10.1. The van der Waals surface area contributed by atoms with Crippen molar-refractivity contribution in [3.8, 4) is 11.5 Å². The molecule has 0 radical (unpaired) electrons. The Morgan fingerprint density at radius 3 is 1.93 bits per heavy atom. The van der Waals surface area contributed by atoms with Gasteiger partial charge in [0, 0.05) is 17.2 Å². The third-order valence-corrected chi connectivity index (χ3v) is 6.39. The normalized spacial score (nSPS) is 13.8. The second kappa shape index (κ2) is 10.8. The van der Waals surface area contributed by atoms with Crippen LogP contribution >= 0.6 is 34.8 Å². The van der Waals surface area contributed by atoms with Crippen molar-refractivity contribution in [3.63, 3.8) is 0 Å². The summed E-state index contributed by atoms with van der Waals surface area (Å²) in [5, 5.41) is 1.02. The van der Waals surface area contributed by atoms with Crippen LogP contribution < -0.4 is 9.47 Å². The van der Waals surface area contributed by atoms with Gasteiger partial charge in [0.05, 0.1) is 23.3 Å². The van der Waals surface area contributed by atoms with Crippen molar-refractivity contribution in [2.75, 3.05) is 19.1 Å². The maximum absolute atomic E-state index is 6.50. The molecule has 2 rings (SSSR count). The Morgan fingerprint density at radius 2 is 1.41 bits per heavy atom. The monoisotopic (exact) mass is 456 g/mol. The van der Waals surface area contributed by atoms with Crippen molar-refractivity contribution in [1.82, 2.24) is 0 Å². The summed E-state index contributed by atoms with van der Waals surface area (Å²) < 4.78 is 11.7. The number of hydrogen-bond donors (Lipinski definition) is 0. The molecule has 2 unspecified atom stereocenters. The highest BCUT2D eigenvalue weighted by Crippen LogP contribution is 2.40. The quantitative estimate of drug-likeness (QED) is 0.336. The number of halogens is 3. The van der Waals surface area contributed by atoms with Crippen molar-refractivity contribution >= 4 is 34.8 Å². The Balaban J connectivity index is 2.19. The minimum atomic E-state index is -0.273. The highest BCUT2D eigenvalue weighted by Gasteiger charge is 2.26. The first kappa shape index (κ1) is 24.2. The summed E-state index contributed by atoms with van der Waals surface area (Å²) in [5.74, 6) is 2.69. The number of ether oxygens (including phenoxy) is 2. The Labute approximate surface area is 190 Å². The maximum atomic E-state index is 6.50. The summed E-state index contributed by atoms with van der Waals surface area (Å²) in [4.78, 5) is 0. The zero-order chi connectivity index (χ0) is 21.6. The number of hydrogen-bond acceptors (Lipinski definition) is 2. The molecule has 0 spiro atoms. The molecule has 5 heteroatoms.